The zero-order valence-electron chi connectivity index (χ0n) is 10.4. The van der Waals surface area contributed by atoms with E-state index in [2.05, 4.69) is 10.3 Å². The summed E-state index contributed by atoms with van der Waals surface area (Å²) in [5, 5.41) is 5.47. The van der Waals surface area contributed by atoms with Gasteiger partial charge >= 0.3 is 0 Å². The predicted molar refractivity (Wildman–Crippen MR) is 69.6 cm³/mol. The molecule has 18 heavy (non-hydrogen) atoms. The lowest BCUT2D eigenvalue weighted by Crippen LogP contribution is -2.30. The highest BCUT2D eigenvalue weighted by Crippen LogP contribution is 2.09. The van der Waals surface area contributed by atoms with Crippen LogP contribution in [0.15, 0.2) is 5.38 Å². The Balaban J connectivity index is 1.66. The van der Waals surface area contributed by atoms with E-state index in [4.69, 9.17) is 0 Å². The average Bonchev–Trinajstić information content (AvgIpc) is 2.94. The number of likely N-dealkylation sites (tertiary alicyclic amines) is 1. The maximum Gasteiger partial charge on any atom is 0.270 e. The lowest BCUT2D eigenvalue weighted by molar-refractivity contribution is -0.127. The summed E-state index contributed by atoms with van der Waals surface area (Å²) in [6.07, 6.45) is 2.42. The van der Waals surface area contributed by atoms with Crippen molar-refractivity contribution in [3.63, 3.8) is 0 Å². The minimum absolute atomic E-state index is 0.132. The van der Waals surface area contributed by atoms with Crippen LogP contribution in [0, 0.1) is 6.92 Å². The van der Waals surface area contributed by atoms with E-state index in [1.54, 1.807) is 5.38 Å². The predicted octanol–water partition coefficient (Wildman–Crippen LogP) is 1.19. The van der Waals surface area contributed by atoms with Gasteiger partial charge in [0, 0.05) is 31.4 Å². The van der Waals surface area contributed by atoms with E-state index >= 15 is 0 Å². The van der Waals surface area contributed by atoms with E-state index in [0.29, 0.717) is 18.7 Å². The first-order chi connectivity index (χ1) is 8.66. The van der Waals surface area contributed by atoms with Crippen molar-refractivity contribution in [2.45, 2.75) is 26.2 Å². The number of carbonyl (C=O) groups excluding carboxylic acids is 2. The van der Waals surface area contributed by atoms with Crippen molar-refractivity contribution in [1.82, 2.24) is 15.2 Å². The van der Waals surface area contributed by atoms with Crippen LogP contribution in [-0.2, 0) is 4.79 Å². The summed E-state index contributed by atoms with van der Waals surface area (Å²) in [6, 6.07) is 0. The number of hydrogen-bond acceptors (Lipinski definition) is 4. The Hall–Kier alpha value is -1.43. The van der Waals surface area contributed by atoms with E-state index in [1.165, 1.54) is 11.3 Å². The Morgan fingerprint density at radius 2 is 2.44 bits per heavy atom. The van der Waals surface area contributed by atoms with Crippen LogP contribution in [0.1, 0.15) is 34.8 Å². The van der Waals surface area contributed by atoms with Crippen molar-refractivity contribution in [1.29, 1.82) is 0 Å². The van der Waals surface area contributed by atoms with Crippen molar-refractivity contribution in [2.24, 2.45) is 0 Å². The summed E-state index contributed by atoms with van der Waals surface area (Å²) < 4.78 is 0. The third-order valence-corrected chi connectivity index (χ3v) is 3.69. The number of nitrogens with one attached hydrogen (secondary N) is 1. The molecule has 0 aromatic carbocycles. The number of amides is 2. The number of carbonyl (C=O) groups is 2. The van der Waals surface area contributed by atoms with Gasteiger partial charge in [0.05, 0.1) is 5.01 Å². The molecule has 0 radical (unpaired) electrons. The smallest absolute Gasteiger partial charge is 0.270 e. The quantitative estimate of drug-likeness (QED) is 0.815. The van der Waals surface area contributed by atoms with Crippen LogP contribution in [0.25, 0.3) is 0 Å². The molecule has 98 valence electrons. The van der Waals surface area contributed by atoms with Crippen molar-refractivity contribution in [3.05, 3.63) is 16.1 Å². The highest BCUT2D eigenvalue weighted by molar-refractivity contribution is 7.09. The Morgan fingerprint density at radius 1 is 1.61 bits per heavy atom. The molecule has 1 saturated heterocycles. The zero-order valence-corrected chi connectivity index (χ0v) is 11.3. The summed E-state index contributed by atoms with van der Waals surface area (Å²) in [4.78, 5) is 29.0. The van der Waals surface area contributed by atoms with Gasteiger partial charge in [0.2, 0.25) is 5.91 Å². The van der Waals surface area contributed by atoms with E-state index < -0.39 is 0 Å². The topological polar surface area (TPSA) is 62.3 Å². The minimum atomic E-state index is -0.132. The first-order valence-corrected chi connectivity index (χ1v) is 7.03. The zero-order chi connectivity index (χ0) is 13.0. The Kier molecular flexibility index (Phi) is 4.30. The number of rotatable bonds is 5. The second-order valence-corrected chi connectivity index (χ2v) is 5.41. The molecular formula is C12H17N3O2S. The monoisotopic (exact) mass is 267 g/mol. The fraction of sp³-hybridized carbons (Fsp3) is 0.583. The summed E-state index contributed by atoms with van der Waals surface area (Å²) >= 11 is 1.47. The van der Waals surface area contributed by atoms with Gasteiger partial charge in [-0.2, -0.15) is 0 Å². The van der Waals surface area contributed by atoms with Crippen molar-refractivity contribution in [2.75, 3.05) is 19.6 Å². The summed E-state index contributed by atoms with van der Waals surface area (Å²) in [6.45, 7) is 4.05. The number of thiazole rings is 1. The van der Waals surface area contributed by atoms with E-state index in [0.717, 1.165) is 30.9 Å². The molecule has 1 aromatic rings. The van der Waals surface area contributed by atoms with Gasteiger partial charge in [0.15, 0.2) is 0 Å². The summed E-state index contributed by atoms with van der Waals surface area (Å²) in [7, 11) is 0. The Labute approximate surface area is 110 Å². The SMILES string of the molecule is Cc1nc(C(=O)NCCCN2CCCC2=O)cs1. The van der Waals surface area contributed by atoms with Crippen molar-refractivity contribution >= 4 is 23.2 Å². The summed E-state index contributed by atoms with van der Waals surface area (Å²) in [5.74, 6) is 0.101. The molecule has 6 heteroatoms. The number of aromatic nitrogens is 1. The number of nitrogens with zero attached hydrogens (tertiary/aromatic N) is 2. The Bertz CT molecular complexity index is 444. The van der Waals surface area contributed by atoms with Crippen LogP contribution in [0.4, 0.5) is 0 Å². The molecule has 1 aliphatic rings. The van der Waals surface area contributed by atoms with Crippen LogP contribution in [0.2, 0.25) is 0 Å². The fourth-order valence-corrected chi connectivity index (χ4v) is 2.56. The van der Waals surface area contributed by atoms with Crippen molar-refractivity contribution in [3.8, 4) is 0 Å². The van der Waals surface area contributed by atoms with Crippen LogP contribution in [-0.4, -0.2) is 41.3 Å². The molecular weight excluding hydrogens is 250 g/mol. The normalized spacial score (nSPS) is 15.2. The molecule has 0 saturated carbocycles. The van der Waals surface area contributed by atoms with Crippen LogP contribution < -0.4 is 5.32 Å². The molecule has 2 heterocycles. The molecule has 0 bridgehead atoms. The molecule has 1 N–H and O–H groups in total. The van der Waals surface area contributed by atoms with Gasteiger partial charge in [-0.25, -0.2) is 4.98 Å². The molecule has 1 aromatic heterocycles. The lowest BCUT2D eigenvalue weighted by Gasteiger charge is -2.14. The second-order valence-electron chi connectivity index (χ2n) is 4.35. The molecule has 0 atom stereocenters. The number of hydrogen-bond donors (Lipinski definition) is 1. The average molecular weight is 267 g/mol. The number of aryl methyl sites for hydroxylation is 1. The molecule has 1 fully saturated rings. The molecule has 0 unspecified atom stereocenters. The van der Waals surface area contributed by atoms with Gasteiger partial charge in [-0.3, -0.25) is 9.59 Å². The molecule has 0 aliphatic carbocycles. The highest BCUT2D eigenvalue weighted by atomic mass is 32.1. The van der Waals surface area contributed by atoms with Gasteiger partial charge in [-0.1, -0.05) is 0 Å². The lowest BCUT2D eigenvalue weighted by atomic mass is 10.3. The van der Waals surface area contributed by atoms with Gasteiger partial charge in [0.25, 0.3) is 5.91 Å². The van der Waals surface area contributed by atoms with Gasteiger partial charge in [0.1, 0.15) is 5.69 Å². The standard InChI is InChI=1S/C12H17N3O2S/c1-9-14-10(8-18-9)12(17)13-5-3-7-15-6-2-4-11(15)16/h8H,2-7H2,1H3,(H,13,17). The molecule has 5 nitrogen and oxygen atoms in total. The second kappa shape index (κ2) is 5.95. The highest BCUT2D eigenvalue weighted by Gasteiger charge is 2.19. The fourth-order valence-electron chi connectivity index (χ4n) is 1.97. The first-order valence-electron chi connectivity index (χ1n) is 6.15. The maximum absolute atomic E-state index is 11.7. The summed E-state index contributed by atoms with van der Waals surface area (Å²) in [5.41, 5.74) is 0.481. The van der Waals surface area contributed by atoms with Crippen LogP contribution >= 0.6 is 11.3 Å². The van der Waals surface area contributed by atoms with Gasteiger partial charge in [-0.05, 0) is 19.8 Å². The van der Waals surface area contributed by atoms with Crippen LogP contribution in [0.3, 0.4) is 0 Å². The Morgan fingerprint density at radius 3 is 3.06 bits per heavy atom. The van der Waals surface area contributed by atoms with Crippen molar-refractivity contribution < 1.29 is 9.59 Å². The molecule has 1 aliphatic heterocycles. The van der Waals surface area contributed by atoms with E-state index in [1.807, 2.05) is 11.8 Å². The molecule has 0 spiro atoms. The third-order valence-electron chi connectivity index (χ3n) is 2.91. The van der Waals surface area contributed by atoms with Gasteiger partial charge < -0.3 is 10.2 Å². The van der Waals surface area contributed by atoms with E-state index in [9.17, 15) is 9.59 Å². The first kappa shape index (κ1) is 13.0. The van der Waals surface area contributed by atoms with E-state index in [-0.39, 0.29) is 11.8 Å². The minimum Gasteiger partial charge on any atom is -0.351 e. The molecule has 2 amide bonds. The maximum atomic E-state index is 11.7. The third kappa shape index (κ3) is 3.29. The largest absolute Gasteiger partial charge is 0.351 e. The van der Waals surface area contributed by atoms with Crippen LogP contribution in [0.5, 0.6) is 0 Å². The molecule has 2 rings (SSSR count). The van der Waals surface area contributed by atoms with Gasteiger partial charge in [-0.15, -0.1) is 11.3 Å².